The fourth-order valence-electron chi connectivity index (χ4n) is 2.52. The molecular formula is C12H20N6O2. The van der Waals surface area contributed by atoms with E-state index >= 15 is 0 Å². The van der Waals surface area contributed by atoms with Crippen LogP contribution in [0.3, 0.4) is 0 Å². The number of nitrogens with two attached hydrogens (primary N) is 1. The van der Waals surface area contributed by atoms with Gasteiger partial charge in [-0.3, -0.25) is 10.1 Å². The minimum atomic E-state index is -0.463. The van der Waals surface area contributed by atoms with Gasteiger partial charge in [0, 0.05) is 18.6 Å². The Hall–Kier alpha value is -1.96. The Labute approximate surface area is 117 Å². The van der Waals surface area contributed by atoms with Crippen molar-refractivity contribution < 1.29 is 4.92 Å². The molecule has 0 aliphatic carbocycles. The summed E-state index contributed by atoms with van der Waals surface area (Å²) in [6.07, 6.45) is 1.83. The van der Waals surface area contributed by atoms with E-state index in [2.05, 4.69) is 34.2 Å². The van der Waals surface area contributed by atoms with E-state index in [-0.39, 0.29) is 29.2 Å². The van der Waals surface area contributed by atoms with Crippen LogP contribution in [-0.2, 0) is 0 Å². The van der Waals surface area contributed by atoms with E-state index in [4.69, 9.17) is 5.73 Å². The number of aromatic nitrogens is 2. The van der Waals surface area contributed by atoms with E-state index in [1.165, 1.54) is 0 Å². The molecule has 1 fully saturated rings. The number of anilines is 2. The standard InChI is InChI=1S/C12H20N6O2/c1-7-6-9(4-5-17(7)3)15-11-10(18(19)20)8(2)14-12(13)16-11/h7,9H,4-6H2,1-3H3,(H3,13,14,15,16). The number of rotatable bonds is 3. The quantitative estimate of drug-likeness (QED) is 0.631. The molecule has 0 radical (unpaired) electrons. The van der Waals surface area contributed by atoms with Crippen molar-refractivity contribution in [2.45, 2.75) is 38.8 Å². The SMILES string of the molecule is Cc1nc(N)nc(NC2CCN(C)C(C)C2)c1[N+](=O)[O-]. The lowest BCUT2D eigenvalue weighted by Crippen LogP contribution is -2.42. The van der Waals surface area contributed by atoms with Gasteiger partial charge in [-0.2, -0.15) is 4.98 Å². The van der Waals surface area contributed by atoms with Gasteiger partial charge in [-0.05, 0) is 33.7 Å². The van der Waals surface area contributed by atoms with Crippen LogP contribution in [0.2, 0.25) is 0 Å². The number of nitrogens with zero attached hydrogens (tertiary/aromatic N) is 4. The number of hydrogen-bond acceptors (Lipinski definition) is 7. The van der Waals surface area contributed by atoms with Gasteiger partial charge in [0.2, 0.25) is 11.8 Å². The lowest BCUT2D eigenvalue weighted by molar-refractivity contribution is -0.385. The van der Waals surface area contributed by atoms with Crippen LogP contribution in [0.5, 0.6) is 0 Å². The third kappa shape index (κ3) is 2.96. The van der Waals surface area contributed by atoms with Crippen molar-refractivity contribution in [3.8, 4) is 0 Å². The summed E-state index contributed by atoms with van der Waals surface area (Å²) in [6.45, 7) is 4.66. The predicted octanol–water partition coefficient (Wildman–Crippen LogP) is 1.17. The van der Waals surface area contributed by atoms with E-state index in [0.717, 1.165) is 19.4 Å². The first-order valence-electron chi connectivity index (χ1n) is 6.63. The number of hydrogen-bond donors (Lipinski definition) is 2. The van der Waals surface area contributed by atoms with Crippen LogP contribution in [0.15, 0.2) is 0 Å². The highest BCUT2D eigenvalue weighted by Crippen LogP contribution is 2.28. The maximum Gasteiger partial charge on any atom is 0.332 e. The highest BCUT2D eigenvalue weighted by Gasteiger charge is 2.27. The van der Waals surface area contributed by atoms with Crippen molar-refractivity contribution in [2.75, 3.05) is 24.6 Å². The molecule has 8 heteroatoms. The van der Waals surface area contributed by atoms with Gasteiger partial charge >= 0.3 is 5.69 Å². The molecule has 2 heterocycles. The predicted molar refractivity (Wildman–Crippen MR) is 76.6 cm³/mol. The van der Waals surface area contributed by atoms with Gasteiger partial charge in [0.05, 0.1) is 4.92 Å². The highest BCUT2D eigenvalue weighted by molar-refractivity contribution is 5.60. The Bertz CT molecular complexity index is 521. The summed E-state index contributed by atoms with van der Waals surface area (Å²) >= 11 is 0. The number of aryl methyl sites for hydroxylation is 1. The average Bonchev–Trinajstić information content (AvgIpc) is 2.32. The molecule has 0 amide bonds. The molecule has 3 N–H and O–H groups in total. The molecule has 0 saturated carbocycles. The monoisotopic (exact) mass is 280 g/mol. The second kappa shape index (κ2) is 5.58. The fourth-order valence-corrected chi connectivity index (χ4v) is 2.52. The van der Waals surface area contributed by atoms with Crippen LogP contribution in [0, 0.1) is 17.0 Å². The number of likely N-dealkylation sites (tertiary alicyclic amines) is 1. The van der Waals surface area contributed by atoms with E-state index in [0.29, 0.717) is 6.04 Å². The average molecular weight is 280 g/mol. The zero-order valence-electron chi connectivity index (χ0n) is 12.0. The van der Waals surface area contributed by atoms with E-state index in [9.17, 15) is 10.1 Å². The third-order valence-electron chi connectivity index (χ3n) is 3.81. The van der Waals surface area contributed by atoms with Gasteiger partial charge in [-0.1, -0.05) is 0 Å². The first-order chi connectivity index (χ1) is 9.38. The van der Waals surface area contributed by atoms with Crippen molar-refractivity contribution >= 4 is 17.5 Å². The lowest BCUT2D eigenvalue weighted by Gasteiger charge is -2.35. The molecule has 20 heavy (non-hydrogen) atoms. The second-order valence-corrected chi connectivity index (χ2v) is 5.32. The summed E-state index contributed by atoms with van der Waals surface area (Å²) in [6, 6.07) is 0.592. The third-order valence-corrected chi connectivity index (χ3v) is 3.81. The van der Waals surface area contributed by atoms with Crippen LogP contribution in [-0.4, -0.2) is 45.5 Å². The second-order valence-electron chi connectivity index (χ2n) is 5.32. The molecule has 2 rings (SSSR count). The Morgan fingerprint density at radius 2 is 2.20 bits per heavy atom. The van der Waals surface area contributed by atoms with Crippen LogP contribution in [0.1, 0.15) is 25.5 Å². The topological polar surface area (TPSA) is 110 Å². The Balaban J connectivity index is 2.23. The summed E-state index contributed by atoms with van der Waals surface area (Å²) in [4.78, 5) is 20.8. The van der Waals surface area contributed by atoms with E-state index in [1.807, 2.05) is 0 Å². The van der Waals surface area contributed by atoms with Crippen molar-refractivity contribution in [2.24, 2.45) is 0 Å². The van der Waals surface area contributed by atoms with Crippen molar-refractivity contribution in [1.82, 2.24) is 14.9 Å². The smallest absolute Gasteiger partial charge is 0.332 e. The van der Waals surface area contributed by atoms with E-state index < -0.39 is 4.92 Å². The van der Waals surface area contributed by atoms with Crippen LogP contribution < -0.4 is 11.1 Å². The molecule has 1 aromatic heterocycles. The molecule has 1 saturated heterocycles. The number of nitro groups is 1. The van der Waals surface area contributed by atoms with Gasteiger partial charge in [0.25, 0.3) is 0 Å². The van der Waals surface area contributed by atoms with Gasteiger partial charge < -0.3 is 16.0 Å². The molecule has 2 unspecified atom stereocenters. The molecule has 1 aliphatic rings. The molecule has 1 aromatic rings. The summed E-state index contributed by atoms with van der Waals surface area (Å²) < 4.78 is 0. The molecule has 0 spiro atoms. The molecule has 0 aromatic carbocycles. The molecule has 0 bridgehead atoms. The zero-order valence-corrected chi connectivity index (χ0v) is 12.0. The first kappa shape index (κ1) is 14.4. The molecule has 8 nitrogen and oxygen atoms in total. The van der Waals surface area contributed by atoms with Crippen LogP contribution in [0.25, 0.3) is 0 Å². The number of nitrogen functional groups attached to an aromatic ring is 1. The summed E-state index contributed by atoms with van der Waals surface area (Å²) in [7, 11) is 2.08. The summed E-state index contributed by atoms with van der Waals surface area (Å²) in [5.41, 5.74) is 5.78. The molecular weight excluding hydrogens is 260 g/mol. The van der Waals surface area contributed by atoms with Crippen molar-refractivity contribution in [1.29, 1.82) is 0 Å². The minimum Gasteiger partial charge on any atom is -0.368 e. The fraction of sp³-hybridized carbons (Fsp3) is 0.667. The Morgan fingerprint density at radius 3 is 2.80 bits per heavy atom. The maximum absolute atomic E-state index is 11.1. The van der Waals surface area contributed by atoms with E-state index in [1.54, 1.807) is 6.92 Å². The number of piperidine rings is 1. The summed E-state index contributed by atoms with van der Waals surface area (Å²) in [5, 5.41) is 14.3. The van der Waals surface area contributed by atoms with Gasteiger partial charge in [-0.25, -0.2) is 4.98 Å². The van der Waals surface area contributed by atoms with Crippen LogP contribution >= 0.6 is 0 Å². The molecule has 110 valence electrons. The molecule has 1 aliphatic heterocycles. The van der Waals surface area contributed by atoms with Gasteiger partial charge in [0.1, 0.15) is 5.69 Å². The van der Waals surface area contributed by atoms with Gasteiger partial charge in [-0.15, -0.1) is 0 Å². The largest absolute Gasteiger partial charge is 0.368 e. The van der Waals surface area contributed by atoms with Gasteiger partial charge in [0.15, 0.2) is 0 Å². The van der Waals surface area contributed by atoms with Crippen LogP contribution in [0.4, 0.5) is 17.5 Å². The number of nitrogens with one attached hydrogen (secondary N) is 1. The molecule has 2 atom stereocenters. The lowest BCUT2D eigenvalue weighted by atomic mass is 9.99. The zero-order chi connectivity index (χ0) is 14.9. The first-order valence-corrected chi connectivity index (χ1v) is 6.63. The normalized spacial score (nSPS) is 23.6. The Kier molecular flexibility index (Phi) is 4.03. The van der Waals surface area contributed by atoms with Crippen molar-refractivity contribution in [3.63, 3.8) is 0 Å². The van der Waals surface area contributed by atoms with Crippen molar-refractivity contribution in [3.05, 3.63) is 15.8 Å². The summed E-state index contributed by atoms with van der Waals surface area (Å²) in [5.74, 6) is 0.276. The maximum atomic E-state index is 11.1. The Morgan fingerprint density at radius 1 is 1.50 bits per heavy atom. The minimum absolute atomic E-state index is 0.0524. The highest BCUT2D eigenvalue weighted by atomic mass is 16.6.